The predicted molar refractivity (Wildman–Crippen MR) is 73.8 cm³/mol. The van der Waals surface area contributed by atoms with E-state index in [1.54, 1.807) is 31.3 Å². The van der Waals surface area contributed by atoms with Crippen LogP contribution in [-0.2, 0) is 6.54 Å². The van der Waals surface area contributed by atoms with Crippen molar-refractivity contribution in [2.75, 3.05) is 7.11 Å². The molecule has 0 aliphatic heterocycles. The summed E-state index contributed by atoms with van der Waals surface area (Å²) in [6.07, 6.45) is 1.60. The van der Waals surface area contributed by atoms with Gasteiger partial charge in [-0.2, -0.15) is 0 Å². The van der Waals surface area contributed by atoms with Crippen molar-refractivity contribution < 1.29 is 9.53 Å². The van der Waals surface area contributed by atoms with Crippen LogP contribution in [0.5, 0.6) is 5.88 Å². The normalized spacial score (nSPS) is 10.1. The van der Waals surface area contributed by atoms with E-state index in [4.69, 9.17) is 4.74 Å². The molecule has 6 heteroatoms. The molecule has 0 atom stereocenters. The van der Waals surface area contributed by atoms with Crippen molar-refractivity contribution in [3.05, 3.63) is 57.6 Å². The third-order valence-electron chi connectivity index (χ3n) is 2.76. The molecule has 2 heterocycles. The lowest BCUT2D eigenvalue weighted by atomic mass is 10.2. The highest BCUT2D eigenvalue weighted by atomic mass is 16.5. The standard InChI is InChI=1S/C14H15N3O3/c1-9-3-4-11(14(19)17-9)13(18)16-8-10-5-6-15-12(7-10)20-2/h3-7H,8H2,1-2H3,(H,16,18)(H,17,19). The maximum atomic E-state index is 11.9. The minimum atomic E-state index is -0.415. The van der Waals surface area contributed by atoms with E-state index in [1.807, 2.05) is 0 Å². The van der Waals surface area contributed by atoms with Gasteiger partial charge < -0.3 is 15.0 Å². The first-order valence-corrected chi connectivity index (χ1v) is 6.07. The Hall–Kier alpha value is -2.63. The van der Waals surface area contributed by atoms with Crippen LogP contribution in [0.2, 0.25) is 0 Å². The van der Waals surface area contributed by atoms with Crippen molar-refractivity contribution in [1.29, 1.82) is 0 Å². The summed E-state index contributed by atoms with van der Waals surface area (Å²) in [5.41, 5.74) is 1.26. The molecule has 104 valence electrons. The number of amides is 1. The van der Waals surface area contributed by atoms with E-state index >= 15 is 0 Å². The smallest absolute Gasteiger partial charge is 0.260 e. The number of nitrogens with zero attached hydrogens (tertiary/aromatic N) is 1. The molecular weight excluding hydrogens is 258 g/mol. The number of pyridine rings is 2. The molecule has 0 aliphatic carbocycles. The molecule has 20 heavy (non-hydrogen) atoms. The first-order chi connectivity index (χ1) is 9.60. The molecule has 0 spiro atoms. The number of carbonyl (C=O) groups is 1. The number of ether oxygens (including phenoxy) is 1. The molecule has 1 amide bonds. The molecule has 2 N–H and O–H groups in total. The largest absolute Gasteiger partial charge is 0.481 e. The number of H-pyrrole nitrogens is 1. The van der Waals surface area contributed by atoms with E-state index in [-0.39, 0.29) is 5.56 Å². The summed E-state index contributed by atoms with van der Waals surface area (Å²) in [5, 5.41) is 2.68. The summed E-state index contributed by atoms with van der Waals surface area (Å²) in [6, 6.07) is 6.68. The number of hydrogen-bond donors (Lipinski definition) is 2. The number of methoxy groups -OCH3 is 1. The van der Waals surface area contributed by atoms with Gasteiger partial charge in [-0.05, 0) is 30.7 Å². The fraction of sp³-hybridized carbons (Fsp3) is 0.214. The molecule has 2 aromatic rings. The Morgan fingerprint density at radius 1 is 1.40 bits per heavy atom. The number of aryl methyl sites for hydroxylation is 1. The third kappa shape index (κ3) is 3.23. The fourth-order valence-electron chi connectivity index (χ4n) is 1.70. The fourth-order valence-corrected chi connectivity index (χ4v) is 1.70. The van der Waals surface area contributed by atoms with Crippen molar-refractivity contribution in [2.45, 2.75) is 13.5 Å². The first kappa shape index (κ1) is 13.8. The quantitative estimate of drug-likeness (QED) is 0.871. The van der Waals surface area contributed by atoms with Crippen LogP contribution in [0.4, 0.5) is 0 Å². The summed E-state index contributed by atoms with van der Waals surface area (Å²) in [7, 11) is 1.52. The van der Waals surface area contributed by atoms with E-state index in [0.717, 1.165) is 5.56 Å². The van der Waals surface area contributed by atoms with E-state index in [9.17, 15) is 9.59 Å². The summed E-state index contributed by atoms with van der Waals surface area (Å²) < 4.78 is 5.00. The van der Waals surface area contributed by atoms with Gasteiger partial charge in [0.25, 0.3) is 11.5 Å². The third-order valence-corrected chi connectivity index (χ3v) is 2.76. The van der Waals surface area contributed by atoms with Crippen LogP contribution in [0.15, 0.2) is 35.3 Å². The summed E-state index contributed by atoms with van der Waals surface area (Å²) in [4.78, 5) is 30.1. The van der Waals surface area contributed by atoms with Crippen molar-refractivity contribution in [3.63, 3.8) is 0 Å². The molecule has 0 bridgehead atoms. The Kier molecular flexibility index (Phi) is 4.14. The maximum Gasteiger partial charge on any atom is 0.260 e. The molecule has 6 nitrogen and oxygen atoms in total. The zero-order valence-electron chi connectivity index (χ0n) is 11.3. The molecule has 0 aliphatic rings. The Labute approximate surface area is 115 Å². The summed E-state index contributed by atoms with van der Waals surface area (Å²) in [5.74, 6) is 0.0620. The summed E-state index contributed by atoms with van der Waals surface area (Å²) in [6.45, 7) is 2.05. The van der Waals surface area contributed by atoms with Crippen LogP contribution in [0.3, 0.4) is 0 Å². The topological polar surface area (TPSA) is 84.1 Å². The zero-order valence-corrected chi connectivity index (χ0v) is 11.3. The Morgan fingerprint density at radius 3 is 2.90 bits per heavy atom. The molecule has 0 fully saturated rings. The van der Waals surface area contributed by atoms with Gasteiger partial charge >= 0.3 is 0 Å². The Bertz CT molecular complexity index is 679. The molecular formula is C14H15N3O3. The van der Waals surface area contributed by atoms with Crippen LogP contribution in [0.1, 0.15) is 21.6 Å². The van der Waals surface area contributed by atoms with Gasteiger partial charge in [-0.25, -0.2) is 4.98 Å². The highest BCUT2D eigenvalue weighted by Gasteiger charge is 2.10. The van der Waals surface area contributed by atoms with Crippen molar-refractivity contribution in [2.24, 2.45) is 0 Å². The van der Waals surface area contributed by atoms with Crippen LogP contribution in [-0.4, -0.2) is 23.0 Å². The van der Waals surface area contributed by atoms with Crippen LogP contribution in [0.25, 0.3) is 0 Å². The van der Waals surface area contributed by atoms with Crippen molar-refractivity contribution in [3.8, 4) is 5.88 Å². The second kappa shape index (κ2) is 6.01. The van der Waals surface area contributed by atoms with Gasteiger partial charge in [0.1, 0.15) is 5.56 Å². The molecule has 0 saturated heterocycles. The van der Waals surface area contributed by atoms with Gasteiger partial charge in [0.2, 0.25) is 5.88 Å². The highest BCUT2D eigenvalue weighted by Crippen LogP contribution is 2.08. The maximum absolute atomic E-state index is 11.9. The van der Waals surface area contributed by atoms with Gasteiger partial charge in [0.15, 0.2) is 0 Å². The van der Waals surface area contributed by atoms with Gasteiger partial charge in [0, 0.05) is 24.5 Å². The van der Waals surface area contributed by atoms with Crippen LogP contribution in [0, 0.1) is 6.92 Å². The zero-order chi connectivity index (χ0) is 14.5. The number of carbonyl (C=O) groups excluding carboxylic acids is 1. The highest BCUT2D eigenvalue weighted by molar-refractivity contribution is 5.93. The van der Waals surface area contributed by atoms with Crippen LogP contribution < -0.4 is 15.6 Å². The predicted octanol–water partition coefficient (Wildman–Crippen LogP) is 1.02. The molecule has 2 aromatic heterocycles. The van der Waals surface area contributed by atoms with E-state index < -0.39 is 11.5 Å². The SMILES string of the molecule is COc1cc(CNC(=O)c2ccc(C)[nH]c2=O)ccn1. The average molecular weight is 273 g/mol. The summed E-state index contributed by atoms with van der Waals surface area (Å²) >= 11 is 0. The molecule has 0 unspecified atom stereocenters. The number of hydrogen-bond acceptors (Lipinski definition) is 4. The monoisotopic (exact) mass is 273 g/mol. The number of aromatic nitrogens is 2. The Balaban J connectivity index is 2.06. The molecule has 0 saturated carbocycles. The molecule has 2 rings (SSSR count). The number of nitrogens with one attached hydrogen (secondary N) is 2. The lowest BCUT2D eigenvalue weighted by Gasteiger charge is -2.06. The van der Waals surface area contributed by atoms with Gasteiger partial charge in [-0.1, -0.05) is 0 Å². The van der Waals surface area contributed by atoms with Gasteiger partial charge in [-0.15, -0.1) is 0 Å². The lowest BCUT2D eigenvalue weighted by Crippen LogP contribution is -2.29. The second-order valence-corrected chi connectivity index (χ2v) is 4.27. The molecule has 0 aromatic carbocycles. The Morgan fingerprint density at radius 2 is 2.20 bits per heavy atom. The second-order valence-electron chi connectivity index (χ2n) is 4.27. The number of rotatable bonds is 4. The van der Waals surface area contributed by atoms with E-state index in [1.165, 1.54) is 13.2 Å². The molecule has 0 radical (unpaired) electrons. The van der Waals surface area contributed by atoms with Gasteiger partial charge in [0.05, 0.1) is 7.11 Å². The van der Waals surface area contributed by atoms with Gasteiger partial charge in [-0.3, -0.25) is 9.59 Å². The van der Waals surface area contributed by atoms with Crippen LogP contribution >= 0.6 is 0 Å². The minimum Gasteiger partial charge on any atom is -0.481 e. The van der Waals surface area contributed by atoms with E-state index in [2.05, 4.69) is 15.3 Å². The van der Waals surface area contributed by atoms with Crippen molar-refractivity contribution >= 4 is 5.91 Å². The minimum absolute atomic E-state index is 0.0941. The van der Waals surface area contributed by atoms with E-state index in [0.29, 0.717) is 18.1 Å². The lowest BCUT2D eigenvalue weighted by molar-refractivity contribution is 0.0949. The van der Waals surface area contributed by atoms with Crippen molar-refractivity contribution in [1.82, 2.24) is 15.3 Å². The first-order valence-electron chi connectivity index (χ1n) is 6.07. The number of aromatic amines is 1. The average Bonchev–Trinajstić information content (AvgIpc) is 2.45.